The SMILES string of the molecule is Cl.NS(=O)(=O)C(=O)c1cccs1. The predicted molar refractivity (Wildman–Crippen MR) is 49.0 cm³/mol. The molecule has 0 bridgehead atoms. The summed E-state index contributed by atoms with van der Waals surface area (Å²) in [6, 6.07) is 3.00. The van der Waals surface area contributed by atoms with Gasteiger partial charge in [-0.3, -0.25) is 4.79 Å². The third-order valence-corrected chi connectivity index (χ3v) is 2.72. The largest absolute Gasteiger partial charge is 0.301 e. The lowest BCUT2D eigenvalue weighted by Gasteiger charge is -1.90. The molecule has 4 nitrogen and oxygen atoms in total. The smallest absolute Gasteiger partial charge is 0.274 e. The first kappa shape index (κ1) is 11.6. The lowest BCUT2D eigenvalue weighted by molar-refractivity contribution is 0.108. The Hall–Kier alpha value is -0.430. The Morgan fingerprint density at radius 2 is 2.08 bits per heavy atom. The van der Waals surface area contributed by atoms with Crippen molar-refractivity contribution >= 4 is 38.9 Å². The number of sulfonamides is 1. The van der Waals surface area contributed by atoms with E-state index in [0.29, 0.717) is 0 Å². The number of halogens is 1. The molecule has 1 rings (SSSR count). The molecule has 0 amide bonds. The maximum atomic E-state index is 10.8. The van der Waals surface area contributed by atoms with Gasteiger partial charge in [0, 0.05) is 0 Å². The summed E-state index contributed by atoms with van der Waals surface area (Å²) in [5, 5.41) is 5.19. The van der Waals surface area contributed by atoms with Gasteiger partial charge in [0.25, 0.3) is 10.0 Å². The summed E-state index contributed by atoms with van der Waals surface area (Å²) in [6.07, 6.45) is 0. The number of carbonyl (C=O) groups is 1. The van der Waals surface area contributed by atoms with Gasteiger partial charge in [0.05, 0.1) is 4.88 Å². The van der Waals surface area contributed by atoms with E-state index in [0.717, 1.165) is 11.3 Å². The second kappa shape index (κ2) is 3.99. The summed E-state index contributed by atoms with van der Waals surface area (Å²) in [7, 11) is -4.05. The minimum atomic E-state index is -4.05. The third kappa shape index (κ3) is 2.56. The molecule has 1 aromatic heterocycles. The highest BCUT2D eigenvalue weighted by atomic mass is 35.5. The second-order valence-electron chi connectivity index (χ2n) is 1.81. The van der Waals surface area contributed by atoms with E-state index in [4.69, 9.17) is 0 Å². The lowest BCUT2D eigenvalue weighted by Crippen LogP contribution is -2.22. The van der Waals surface area contributed by atoms with Crippen LogP contribution in [0.2, 0.25) is 0 Å². The van der Waals surface area contributed by atoms with E-state index in [1.54, 1.807) is 11.4 Å². The van der Waals surface area contributed by atoms with Crippen molar-refractivity contribution in [2.75, 3.05) is 0 Å². The summed E-state index contributed by atoms with van der Waals surface area (Å²) >= 11 is 1.05. The summed E-state index contributed by atoms with van der Waals surface area (Å²) in [4.78, 5) is 11.0. The number of thiophene rings is 1. The lowest BCUT2D eigenvalue weighted by atomic mass is 10.5. The van der Waals surface area contributed by atoms with Crippen LogP contribution in [0.1, 0.15) is 9.67 Å². The van der Waals surface area contributed by atoms with Crippen LogP contribution < -0.4 is 5.14 Å². The third-order valence-electron chi connectivity index (χ3n) is 0.981. The Morgan fingerprint density at radius 1 is 1.50 bits per heavy atom. The highest BCUT2D eigenvalue weighted by Crippen LogP contribution is 2.10. The monoisotopic (exact) mass is 227 g/mol. The van der Waals surface area contributed by atoms with E-state index >= 15 is 0 Å². The number of carbonyl (C=O) groups excluding carboxylic acids is 1. The highest BCUT2D eigenvalue weighted by Gasteiger charge is 2.19. The average molecular weight is 228 g/mol. The van der Waals surface area contributed by atoms with Crippen LogP contribution in [0.25, 0.3) is 0 Å². The van der Waals surface area contributed by atoms with E-state index < -0.39 is 15.1 Å². The average Bonchev–Trinajstić information content (AvgIpc) is 2.34. The highest BCUT2D eigenvalue weighted by molar-refractivity contribution is 8.05. The van der Waals surface area contributed by atoms with Crippen LogP contribution in [-0.2, 0) is 10.0 Å². The fraction of sp³-hybridized carbons (Fsp3) is 0. The molecule has 0 saturated carbocycles. The Labute approximate surface area is 79.9 Å². The Kier molecular flexibility index (Phi) is 3.85. The summed E-state index contributed by atoms with van der Waals surface area (Å²) in [5.74, 6) is 0. The van der Waals surface area contributed by atoms with Gasteiger partial charge in [0.15, 0.2) is 0 Å². The van der Waals surface area contributed by atoms with Gasteiger partial charge in [-0.2, -0.15) is 0 Å². The molecular weight excluding hydrogens is 222 g/mol. The van der Waals surface area contributed by atoms with Crippen LogP contribution in [0.3, 0.4) is 0 Å². The minimum absolute atomic E-state index is 0. The van der Waals surface area contributed by atoms with Crippen LogP contribution in [0.15, 0.2) is 17.5 Å². The van der Waals surface area contributed by atoms with E-state index in [9.17, 15) is 13.2 Å². The molecule has 2 N–H and O–H groups in total. The van der Waals surface area contributed by atoms with Gasteiger partial charge in [-0.15, -0.1) is 23.7 Å². The van der Waals surface area contributed by atoms with Crippen LogP contribution >= 0.6 is 23.7 Å². The zero-order valence-corrected chi connectivity index (χ0v) is 8.21. The molecule has 0 aliphatic heterocycles. The van der Waals surface area contributed by atoms with Gasteiger partial charge in [0.2, 0.25) is 0 Å². The fourth-order valence-corrected chi connectivity index (χ4v) is 1.93. The number of hydrogen-bond donors (Lipinski definition) is 1. The quantitative estimate of drug-likeness (QED) is 0.763. The zero-order chi connectivity index (χ0) is 8.48. The first-order valence-corrected chi connectivity index (χ1v) is 5.05. The molecule has 0 spiro atoms. The normalized spacial score (nSPS) is 10.4. The molecule has 68 valence electrons. The van der Waals surface area contributed by atoms with E-state index in [2.05, 4.69) is 5.14 Å². The maximum absolute atomic E-state index is 10.8. The molecule has 0 saturated heterocycles. The first-order chi connectivity index (χ1) is 5.02. The summed E-state index contributed by atoms with van der Waals surface area (Å²) in [5.41, 5.74) is 0. The van der Waals surface area contributed by atoms with Crippen molar-refractivity contribution in [2.45, 2.75) is 0 Å². The van der Waals surface area contributed by atoms with Gasteiger partial charge in [0.1, 0.15) is 0 Å². The van der Waals surface area contributed by atoms with Crippen molar-refractivity contribution < 1.29 is 13.2 Å². The first-order valence-electron chi connectivity index (χ1n) is 2.62. The van der Waals surface area contributed by atoms with Gasteiger partial charge in [-0.05, 0) is 11.4 Å². The molecule has 0 aliphatic carbocycles. The Morgan fingerprint density at radius 3 is 2.42 bits per heavy atom. The number of nitrogens with two attached hydrogens (primary N) is 1. The number of rotatable bonds is 1. The van der Waals surface area contributed by atoms with E-state index in [1.165, 1.54) is 6.07 Å². The Balaban J connectivity index is 0.00000121. The van der Waals surface area contributed by atoms with Gasteiger partial charge >= 0.3 is 5.12 Å². The molecule has 7 heteroatoms. The fourth-order valence-electron chi connectivity index (χ4n) is 0.535. The molecule has 1 heterocycles. The van der Waals surface area contributed by atoms with Crippen LogP contribution in [0.4, 0.5) is 0 Å². The molecular formula is C5H6ClNO3S2. The van der Waals surface area contributed by atoms with Crippen molar-refractivity contribution in [3.05, 3.63) is 22.4 Å². The molecule has 0 fully saturated rings. The topological polar surface area (TPSA) is 77.2 Å². The molecule has 0 aromatic carbocycles. The van der Waals surface area contributed by atoms with Crippen molar-refractivity contribution in [1.29, 1.82) is 0 Å². The predicted octanol–water partition coefficient (Wildman–Crippen LogP) is 0.599. The molecule has 1 aromatic rings. The maximum Gasteiger partial charge on any atom is 0.301 e. The van der Waals surface area contributed by atoms with Crippen LogP contribution in [0, 0.1) is 0 Å². The van der Waals surface area contributed by atoms with E-state index in [-0.39, 0.29) is 17.3 Å². The standard InChI is InChI=1S/C5H5NO3S2.ClH/c6-11(8,9)5(7)4-2-1-3-10-4;/h1-3H,(H2,6,8,9);1H. The molecule has 0 atom stereocenters. The molecule has 0 radical (unpaired) electrons. The molecule has 12 heavy (non-hydrogen) atoms. The summed E-state index contributed by atoms with van der Waals surface area (Å²) < 4.78 is 20.9. The number of hydrogen-bond acceptors (Lipinski definition) is 4. The second-order valence-corrected chi connectivity index (χ2v) is 4.22. The van der Waals surface area contributed by atoms with Crippen molar-refractivity contribution in [3.8, 4) is 0 Å². The Bertz CT molecular complexity index is 356. The molecule has 0 unspecified atom stereocenters. The summed E-state index contributed by atoms with van der Waals surface area (Å²) in [6.45, 7) is 0. The van der Waals surface area contributed by atoms with Crippen molar-refractivity contribution in [2.24, 2.45) is 5.14 Å². The van der Waals surface area contributed by atoms with Gasteiger partial charge < -0.3 is 0 Å². The van der Waals surface area contributed by atoms with Gasteiger partial charge in [-0.1, -0.05) is 6.07 Å². The van der Waals surface area contributed by atoms with Crippen molar-refractivity contribution in [1.82, 2.24) is 0 Å². The zero-order valence-electron chi connectivity index (χ0n) is 5.76. The number of primary sulfonamides is 1. The van der Waals surface area contributed by atoms with Gasteiger partial charge in [-0.25, -0.2) is 13.6 Å². The van der Waals surface area contributed by atoms with Crippen LogP contribution in [0.5, 0.6) is 0 Å². The van der Waals surface area contributed by atoms with Crippen LogP contribution in [-0.4, -0.2) is 13.5 Å². The molecule has 0 aliphatic rings. The minimum Gasteiger partial charge on any atom is -0.274 e. The van der Waals surface area contributed by atoms with E-state index in [1.807, 2.05) is 0 Å². The van der Waals surface area contributed by atoms with Crippen molar-refractivity contribution in [3.63, 3.8) is 0 Å².